The summed E-state index contributed by atoms with van der Waals surface area (Å²) >= 11 is 0. The molecule has 218 valence electrons. The molecule has 4 aromatic rings. The summed E-state index contributed by atoms with van der Waals surface area (Å²) in [6.45, 7) is 6.68. The van der Waals surface area contributed by atoms with E-state index in [0.29, 0.717) is 22.2 Å². The molecule has 2 saturated heterocycles. The Bertz CT molecular complexity index is 1540. The Morgan fingerprint density at radius 3 is 2.33 bits per heavy atom. The first-order valence-corrected chi connectivity index (χ1v) is 14.5. The van der Waals surface area contributed by atoms with E-state index < -0.39 is 6.09 Å². The zero-order chi connectivity index (χ0) is 29.1. The number of piperidine rings is 1. The van der Waals surface area contributed by atoms with Crippen molar-refractivity contribution < 1.29 is 19.4 Å². The van der Waals surface area contributed by atoms with Gasteiger partial charge in [0.1, 0.15) is 11.9 Å². The van der Waals surface area contributed by atoms with Crippen molar-refractivity contribution in [3.05, 3.63) is 83.9 Å². The Labute approximate surface area is 245 Å². The highest BCUT2D eigenvalue weighted by Gasteiger charge is 2.23. The number of fused-ring (bicyclic) bond motifs is 1. The van der Waals surface area contributed by atoms with Gasteiger partial charge < -0.3 is 25.0 Å². The second kappa shape index (κ2) is 12.2. The number of anilines is 2. The van der Waals surface area contributed by atoms with Gasteiger partial charge in [-0.15, -0.1) is 5.10 Å². The predicted octanol–water partition coefficient (Wildman–Crippen LogP) is 4.61. The van der Waals surface area contributed by atoms with Gasteiger partial charge in [0.25, 0.3) is 5.91 Å². The number of ether oxygens (including phenoxy) is 1. The number of carbonyl (C=O) groups excluding carboxylic acids is 1. The number of nitrogens with one attached hydrogen (secondary N) is 1. The highest BCUT2D eigenvalue weighted by Crippen LogP contribution is 2.29. The fourth-order valence-electron chi connectivity index (χ4n) is 5.69. The van der Waals surface area contributed by atoms with Gasteiger partial charge >= 0.3 is 6.09 Å². The first-order chi connectivity index (χ1) is 20.4. The fraction of sp³-hybridized carbons (Fsp3) is 0.344. The summed E-state index contributed by atoms with van der Waals surface area (Å²) in [6, 6.07) is 23.2. The van der Waals surface area contributed by atoms with Gasteiger partial charge in [0.15, 0.2) is 5.82 Å². The van der Waals surface area contributed by atoms with E-state index in [2.05, 4.69) is 56.4 Å². The lowest BCUT2D eigenvalue weighted by molar-refractivity contribution is 0.0969. The number of hydrogen-bond acceptors (Lipinski definition) is 7. The second-order valence-corrected chi connectivity index (χ2v) is 11.1. The third-order valence-corrected chi connectivity index (χ3v) is 8.15. The second-order valence-electron chi connectivity index (χ2n) is 11.1. The lowest BCUT2D eigenvalue weighted by Crippen LogP contribution is -2.44. The van der Waals surface area contributed by atoms with E-state index in [1.807, 2.05) is 24.3 Å². The number of likely N-dealkylation sites (N-methyl/N-ethyl adjacent to an activating group) is 1. The van der Waals surface area contributed by atoms with E-state index in [-0.39, 0.29) is 17.8 Å². The monoisotopic (exact) mass is 568 g/mol. The molecule has 2 N–H and O–H groups in total. The zero-order valence-electron chi connectivity index (χ0n) is 23.8. The Kier molecular flexibility index (Phi) is 8.07. The maximum absolute atomic E-state index is 13.1. The summed E-state index contributed by atoms with van der Waals surface area (Å²) in [4.78, 5) is 32.1. The van der Waals surface area contributed by atoms with Crippen LogP contribution in [0.3, 0.4) is 0 Å². The molecule has 3 heterocycles. The van der Waals surface area contributed by atoms with E-state index in [1.165, 1.54) is 5.56 Å². The van der Waals surface area contributed by atoms with Crippen LogP contribution in [0.15, 0.2) is 72.8 Å². The van der Waals surface area contributed by atoms with E-state index in [1.54, 1.807) is 24.3 Å². The quantitative estimate of drug-likeness (QED) is 0.333. The lowest BCUT2D eigenvalue weighted by atomic mass is 10.1. The molecule has 2 aliphatic rings. The first kappa shape index (κ1) is 27.7. The largest absolute Gasteiger partial charge is 0.490 e. The van der Waals surface area contributed by atoms with E-state index in [0.717, 1.165) is 69.0 Å². The Balaban J connectivity index is 1.11. The number of hydrogen-bond donors (Lipinski definition) is 2. The average Bonchev–Trinajstić information content (AvgIpc) is 3.37. The molecule has 0 atom stereocenters. The normalized spacial score (nSPS) is 16.9. The van der Waals surface area contributed by atoms with Crippen LogP contribution in [-0.4, -0.2) is 89.1 Å². The molecular formula is C32H36N6O4. The van der Waals surface area contributed by atoms with Crippen LogP contribution in [-0.2, 0) is 6.54 Å². The van der Waals surface area contributed by atoms with Gasteiger partial charge in [0.2, 0.25) is 0 Å². The number of aromatic nitrogens is 2. The summed E-state index contributed by atoms with van der Waals surface area (Å²) in [5.41, 5.74) is 3.22. The minimum Gasteiger partial charge on any atom is -0.490 e. The maximum atomic E-state index is 13.1. The van der Waals surface area contributed by atoms with Crippen LogP contribution >= 0.6 is 0 Å². The third-order valence-electron chi connectivity index (χ3n) is 8.15. The van der Waals surface area contributed by atoms with Crippen LogP contribution in [0.25, 0.3) is 10.9 Å². The molecule has 0 unspecified atom stereocenters. The fourth-order valence-corrected chi connectivity index (χ4v) is 5.69. The standard InChI is InChI=1S/C32H36N6O4/c1-35-17-19-37(20-18-35)25-9-7-24(8-10-25)31(39)33-30-28-12-11-27(21-29(28)38(34-30)32(40)41)42-26-13-15-36(16-14-26)22-23-5-3-2-4-6-23/h2-12,21,26H,13-20,22H2,1H3,(H,40,41)(H,33,34,39). The van der Waals surface area contributed by atoms with Crippen LogP contribution in [0, 0.1) is 0 Å². The smallest absolute Gasteiger partial charge is 0.432 e. The molecule has 42 heavy (non-hydrogen) atoms. The van der Waals surface area contributed by atoms with E-state index >= 15 is 0 Å². The molecular weight excluding hydrogens is 532 g/mol. The van der Waals surface area contributed by atoms with Crippen molar-refractivity contribution in [2.75, 3.05) is 56.5 Å². The number of likely N-dealkylation sites (tertiary alicyclic amines) is 1. The van der Waals surface area contributed by atoms with Crippen molar-refractivity contribution >= 4 is 34.4 Å². The number of piperazine rings is 1. The maximum Gasteiger partial charge on any atom is 0.432 e. The summed E-state index contributed by atoms with van der Waals surface area (Å²) in [5, 5.41) is 17.4. The minimum absolute atomic E-state index is 0.0451. The van der Waals surface area contributed by atoms with Crippen molar-refractivity contribution in [3.63, 3.8) is 0 Å². The molecule has 0 radical (unpaired) electrons. The van der Waals surface area contributed by atoms with Crippen LogP contribution in [0.5, 0.6) is 5.75 Å². The molecule has 2 aliphatic heterocycles. The van der Waals surface area contributed by atoms with Gasteiger partial charge in [-0.2, -0.15) is 4.68 Å². The molecule has 10 nitrogen and oxygen atoms in total. The van der Waals surface area contributed by atoms with Crippen LogP contribution in [0.4, 0.5) is 16.3 Å². The average molecular weight is 569 g/mol. The van der Waals surface area contributed by atoms with Gasteiger partial charge in [-0.25, -0.2) is 4.79 Å². The summed E-state index contributed by atoms with van der Waals surface area (Å²) < 4.78 is 7.15. The van der Waals surface area contributed by atoms with Gasteiger partial charge in [0, 0.05) is 68.5 Å². The van der Waals surface area contributed by atoms with Crippen molar-refractivity contribution in [2.24, 2.45) is 0 Å². The molecule has 2 fully saturated rings. The highest BCUT2D eigenvalue weighted by atomic mass is 16.5. The van der Waals surface area contributed by atoms with Crippen LogP contribution in [0.2, 0.25) is 0 Å². The van der Waals surface area contributed by atoms with Crippen molar-refractivity contribution in [1.29, 1.82) is 0 Å². The summed E-state index contributed by atoms with van der Waals surface area (Å²) in [6.07, 6.45) is 0.586. The van der Waals surface area contributed by atoms with Gasteiger partial charge in [0.05, 0.1) is 5.52 Å². The number of carboxylic acid groups (broad SMARTS) is 1. The molecule has 1 amide bonds. The number of benzene rings is 3. The molecule has 3 aromatic carbocycles. The SMILES string of the molecule is CN1CCN(c2ccc(C(=O)Nc3nn(C(=O)O)c4cc(OC5CCN(Cc6ccccc6)CC5)ccc34)cc2)CC1. The van der Waals surface area contributed by atoms with Crippen LogP contribution in [0.1, 0.15) is 28.8 Å². The van der Waals surface area contributed by atoms with Gasteiger partial charge in [-0.1, -0.05) is 30.3 Å². The molecule has 1 aromatic heterocycles. The van der Waals surface area contributed by atoms with Gasteiger partial charge in [-0.05, 0) is 61.9 Å². The van der Waals surface area contributed by atoms with Crippen molar-refractivity contribution in [3.8, 4) is 5.75 Å². The number of nitrogens with zero attached hydrogens (tertiary/aromatic N) is 5. The Morgan fingerprint density at radius 2 is 1.64 bits per heavy atom. The van der Waals surface area contributed by atoms with E-state index in [9.17, 15) is 14.7 Å². The molecule has 0 aliphatic carbocycles. The Hall–Kier alpha value is -4.41. The summed E-state index contributed by atoms with van der Waals surface area (Å²) in [7, 11) is 2.12. The minimum atomic E-state index is -1.23. The molecule has 0 saturated carbocycles. The van der Waals surface area contributed by atoms with Crippen LogP contribution < -0.4 is 15.0 Å². The molecule has 0 spiro atoms. The van der Waals surface area contributed by atoms with E-state index in [4.69, 9.17) is 4.74 Å². The van der Waals surface area contributed by atoms with Gasteiger partial charge in [-0.3, -0.25) is 9.69 Å². The third kappa shape index (κ3) is 6.24. The first-order valence-electron chi connectivity index (χ1n) is 14.5. The lowest BCUT2D eigenvalue weighted by Gasteiger charge is -2.34. The molecule has 6 rings (SSSR count). The highest BCUT2D eigenvalue weighted by molar-refractivity contribution is 6.09. The number of rotatable bonds is 7. The molecule has 0 bridgehead atoms. The zero-order valence-corrected chi connectivity index (χ0v) is 23.8. The van der Waals surface area contributed by atoms with Crippen molar-refractivity contribution in [1.82, 2.24) is 19.6 Å². The number of amides is 1. The summed E-state index contributed by atoms with van der Waals surface area (Å²) in [5.74, 6) is 0.435. The topological polar surface area (TPSA) is 103 Å². The molecule has 10 heteroatoms. The predicted molar refractivity (Wildman–Crippen MR) is 163 cm³/mol. The number of carbonyl (C=O) groups is 2. The van der Waals surface area contributed by atoms with Crippen molar-refractivity contribution in [2.45, 2.75) is 25.5 Å². The Morgan fingerprint density at radius 1 is 0.929 bits per heavy atom.